The van der Waals surface area contributed by atoms with E-state index in [9.17, 15) is 8.78 Å². The van der Waals surface area contributed by atoms with Crippen LogP contribution in [0.1, 0.15) is 90.1 Å². The number of anilines is 2. The summed E-state index contributed by atoms with van der Waals surface area (Å²) in [5.74, 6) is -1.01. The molecule has 0 saturated carbocycles. The Bertz CT molecular complexity index is 1760. The van der Waals surface area contributed by atoms with Gasteiger partial charge >= 0.3 is 0 Å². The van der Waals surface area contributed by atoms with Crippen LogP contribution in [0.5, 0.6) is 0 Å². The van der Waals surface area contributed by atoms with Crippen LogP contribution in [0.4, 0.5) is 24.5 Å². The van der Waals surface area contributed by atoms with Gasteiger partial charge < -0.3 is 10.6 Å². The van der Waals surface area contributed by atoms with Crippen LogP contribution in [0.25, 0.3) is 0 Å². The average molecular weight is 622 g/mol. The minimum Gasteiger partial charge on any atom is -0.377 e. The number of nitrogens with zero attached hydrogens (tertiary/aromatic N) is 1. The monoisotopic (exact) mass is 621 g/mol. The minimum atomic E-state index is -0.381. The molecule has 6 heteroatoms. The maximum Gasteiger partial charge on any atom is 0.146 e. The van der Waals surface area contributed by atoms with Crippen molar-refractivity contribution in [3.05, 3.63) is 159 Å². The van der Waals surface area contributed by atoms with Crippen LogP contribution in [0, 0.1) is 24.4 Å². The molecule has 0 aliphatic heterocycles. The summed E-state index contributed by atoms with van der Waals surface area (Å²) in [6.07, 6.45) is 2.74. The van der Waals surface area contributed by atoms with Crippen LogP contribution in [0.2, 0.25) is 0 Å². The summed E-state index contributed by atoms with van der Waals surface area (Å²) in [5.41, 5.74) is 10.4. The van der Waals surface area contributed by atoms with Crippen molar-refractivity contribution in [2.45, 2.75) is 72.4 Å². The van der Waals surface area contributed by atoms with Crippen molar-refractivity contribution in [1.29, 1.82) is 0 Å². The molecule has 2 atom stereocenters. The first-order valence-electron chi connectivity index (χ1n) is 16.1. The van der Waals surface area contributed by atoms with E-state index in [0.29, 0.717) is 18.5 Å². The number of pyridine rings is 1. The fourth-order valence-corrected chi connectivity index (χ4v) is 6.01. The van der Waals surface area contributed by atoms with Gasteiger partial charge in [0.1, 0.15) is 17.5 Å². The van der Waals surface area contributed by atoms with Gasteiger partial charge in [-0.1, -0.05) is 67.9 Å². The van der Waals surface area contributed by atoms with Gasteiger partial charge in [-0.2, -0.15) is 0 Å². The van der Waals surface area contributed by atoms with Gasteiger partial charge in [0.25, 0.3) is 0 Å². The minimum absolute atomic E-state index is 0.0398. The largest absolute Gasteiger partial charge is 0.377 e. The van der Waals surface area contributed by atoms with Gasteiger partial charge in [0, 0.05) is 5.69 Å². The highest BCUT2D eigenvalue weighted by Crippen LogP contribution is 2.31. The summed E-state index contributed by atoms with van der Waals surface area (Å²) in [6.45, 7) is 10.6. The zero-order valence-electron chi connectivity index (χ0n) is 27.2. The third-order valence-electron chi connectivity index (χ3n) is 8.47. The van der Waals surface area contributed by atoms with Gasteiger partial charge in [0.15, 0.2) is 0 Å². The third kappa shape index (κ3) is 7.97. The maximum absolute atomic E-state index is 15.9. The van der Waals surface area contributed by atoms with Crippen LogP contribution < -0.4 is 10.6 Å². The van der Waals surface area contributed by atoms with Gasteiger partial charge in [-0.3, -0.25) is 4.98 Å². The fraction of sp³-hybridized carbons (Fsp3) is 0.275. The van der Waals surface area contributed by atoms with Crippen LogP contribution in [-0.4, -0.2) is 4.98 Å². The van der Waals surface area contributed by atoms with Crippen molar-refractivity contribution in [2.24, 2.45) is 0 Å². The van der Waals surface area contributed by atoms with Crippen LogP contribution in [0.15, 0.2) is 91.0 Å². The number of aryl methyl sites for hydroxylation is 3. The molecule has 3 nitrogen and oxygen atoms in total. The zero-order valence-corrected chi connectivity index (χ0v) is 27.2. The van der Waals surface area contributed by atoms with Crippen molar-refractivity contribution in [2.75, 3.05) is 10.6 Å². The van der Waals surface area contributed by atoms with Crippen molar-refractivity contribution >= 4 is 11.4 Å². The van der Waals surface area contributed by atoms with E-state index >= 15 is 4.39 Å². The second-order valence-electron chi connectivity index (χ2n) is 12.1. The summed E-state index contributed by atoms with van der Waals surface area (Å²) in [5, 5.41) is 7.13. The number of rotatable bonds is 12. The number of aromatic nitrogens is 1. The molecule has 1 aromatic heterocycles. The molecule has 0 radical (unpaired) electrons. The first-order valence-corrected chi connectivity index (χ1v) is 16.1. The quantitative estimate of drug-likeness (QED) is 0.146. The van der Waals surface area contributed by atoms with E-state index < -0.39 is 0 Å². The predicted octanol–water partition coefficient (Wildman–Crippen LogP) is 10.5. The second-order valence-corrected chi connectivity index (χ2v) is 12.1. The lowest BCUT2D eigenvalue weighted by molar-refractivity contribution is 0.622. The molecular weight excluding hydrogens is 579 g/mol. The zero-order chi connectivity index (χ0) is 32.8. The Hall–Kier alpha value is -4.58. The van der Waals surface area contributed by atoms with E-state index in [1.807, 2.05) is 31.2 Å². The van der Waals surface area contributed by atoms with E-state index in [-0.39, 0.29) is 29.5 Å². The molecule has 0 aliphatic rings. The lowest BCUT2D eigenvalue weighted by Gasteiger charge is -2.23. The van der Waals surface area contributed by atoms with Gasteiger partial charge in [-0.25, -0.2) is 13.2 Å². The summed E-state index contributed by atoms with van der Waals surface area (Å²) in [4.78, 5) is 5.01. The molecule has 2 N–H and O–H groups in total. The van der Waals surface area contributed by atoms with Crippen molar-refractivity contribution < 1.29 is 13.2 Å². The molecule has 0 bridgehead atoms. The molecule has 0 aliphatic carbocycles. The molecule has 0 fully saturated rings. The lowest BCUT2D eigenvalue weighted by Crippen LogP contribution is -2.16. The number of halogens is 3. The highest BCUT2D eigenvalue weighted by molar-refractivity contribution is 5.60. The molecule has 238 valence electrons. The Morgan fingerprint density at radius 2 is 1.09 bits per heavy atom. The Balaban J connectivity index is 1.41. The number of hydrogen-bond donors (Lipinski definition) is 2. The van der Waals surface area contributed by atoms with Gasteiger partial charge in [-0.15, -0.1) is 0 Å². The Morgan fingerprint density at radius 3 is 1.61 bits per heavy atom. The van der Waals surface area contributed by atoms with Crippen molar-refractivity contribution in [1.82, 2.24) is 4.98 Å². The van der Waals surface area contributed by atoms with E-state index in [4.69, 9.17) is 4.98 Å². The Kier molecular flexibility index (Phi) is 10.5. The molecule has 0 spiro atoms. The standard InChI is InChI=1S/C40H42F3N3/c1-6-31-19-25(3)20-32(7-2)39(31)44-26(4)37-9-8-10-38(46-37)27(5)45-40-33(22-29-13-17-35(42)18-14-29)23-30(24-36(40)43)21-28-11-15-34(41)16-12-28/h8-20,23-24,26-27,44-45H,6-7,21-22H2,1-5H3. The maximum atomic E-state index is 15.9. The molecule has 2 unspecified atom stereocenters. The Labute approximate surface area is 270 Å². The van der Waals surface area contributed by atoms with E-state index in [1.54, 1.807) is 24.3 Å². The number of hydrogen-bond acceptors (Lipinski definition) is 3. The van der Waals surface area contributed by atoms with E-state index in [2.05, 4.69) is 50.5 Å². The van der Waals surface area contributed by atoms with Crippen LogP contribution >= 0.6 is 0 Å². The van der Waals surface area contributed by atoms with Gasteiger partial charge in [0.05, 0.1) is 29.2 Å². The van der Waals surface area contributed by atoms with Crippen LogP contribution in [-0.2, 0) is 25.7 Å². The SMILES string of the molecule is CCc1cc(C)cc(CC)c1NC(C)c1cccc(C(C)Nc2c(F)cc(Cc3ccc(F)cc3)cc2Cc2ccc(F)cc2)n1. The normalized spacial score (nSPS) is 12.5. The van der Waals surface area contributed by atoms with Crippen molar-refractivity contribution in [3.8, 4) is 0 Å². The Morgan fingerprint density at radius 1 is 0.587 bits per heavy atom. The molecule has 1 heterocycles. The molecule has 5 aromatic rings. The number of nitrogens with one attached hydrogen (secondary N) is 2. The predicted molar refractivity (Wildman–Crippen MR) is 183 cm³/mol. The molecular formula is C40H42F3N3. The summed E-state index contributed by atoms with van der Waals surface area (Å²) < 4.78 is 43.1. The summed E-state index contributed by atoms with van der Waals surface area (Å²) in [6, 6.07) is 26.1. The number of benzene rings is 4. The molecule has 0 amide bonds. The van der Waals surface area contributed by atoms with Crippen molar-refractivity contribution in [3.63, 3.8) is 0 Å². The second kappa shape index (κ2) is 14.7. The average Bonchev–Trinajstić information content (AvgIpc) is 3.05. The molecule has 5 rings (SSSR count). The molecule has 4 aromatic carbocycles. The molecule has 46 heavy (non-hydrogen) atoms. The first kappa shape index (κ1) is 32.8. The van der Waals surface area contributed by atoms with Gasteiger partial charge in [-0.05, 0) is 122 Å². The fourth-order valence-electron chi connectivity index (χ4n) is 6.01. The van der Waals surface area contributed by atoms with E-state index in [0.717, 1.165) is 46.5 Å². The van der Waals surface area contributed by atoms with E-state index in [1.165, 1.54) is 52.7 Å². The first-order chi connectivity index (χ1) is 22.1. The molecule has 0 saturated heterocycles. The summed E-state index contributed by atoms with van der Waals surface area (Å²) in [7, 11) is 0. The third-order valence-corrected chi connectivity index (χ3v) is 8.47. The smallest absolute Gasteiger partial charge is 0.146 e. The lowest BCUT2D eigenvalue weighted by atomic mass is 9.96. The highest BCUT2D eigenvalue weighted by Gasteiger charge is 2.19. The van der Waals surface area contributed by atoms with Gasteiger partial charge in [0.2, 0.25) is 0 Å². The van der Waals surface area contributed by atoms with Crippen LogP contribution in [0.3, 0.4) is 0 Å². The highest BCUT2D eigenvalue weighted by atomic mass is 19.1. The topological polar surface area (TPSA) is 37.0 Å². The summed E-state index contributed by atoms with van der Waals surface area (Å²) >= 11 is 0.